The van der Waals surface area contributed by atoms with Crippen LogP contribution in [0.1, 0.15) is 31.2 Å². The number of rotatable bonds is 5. The average Bonchev–Trinajstić information content (AvgIpc) is 3.34. The van der Waals surface area contributed by atoms with Crippen molar-refractivity contribution in [1.82, 2.24) is 4.90 Å². The molecule has 2 aliphatic rings. The summed E-state index contributed by atoms with van der Waals surface area (Å²) >= 11 is 0. The minimum Gasteiger partial charge on any atom is -0.370 e. The predicted molar refractivity (Wildman–Crippen MR) is 121 cm³/mol. The number of likely N-dealkylation sites (tertiary alicyclic amines) is 1. The summed E-state index contributed by atoms with van der Waals surface area (Å²) in [6, 6.07) is 14.6. The zero-order valence-corrected chi connectivity index (χ0v) is 17.6. The van der Waals surface area contributed by atoms with Gasteiger partial charge in [-0.15, -0.1) is 0 Å². The molecule has 0 unspecified atom stereocenters. The second-order valence-corrected chi connectivity index (χ2v) is 8.16. The number of anilines is 2. The Hall–Kier alpha value is -3.15. The van der Waals surface area contributed by atoms with E-state index in [1.54, 1.807) is 23.1 Å². The monoisotopic (exact) mass is 421 g/mol. The molecule has 0 saturated carbocycles. The molecule has 2 aromatic carbocycles. The van der Waals surface area contributed by atoms with E-state index >= 15 is 0 Å². The molecule has 2 aliphatic heterocycles. The van der Waals surface area contributed by atoms with Crippen LogP contribution in [0.15, 0.2) is 54.6 Å². The Morgan fingerprint density at radius 1 is 0.935 bits per heavy atom. The van der Waals surface area contributed by atoms with Crippen LogP contribution in [0.3, 0.4) is 0 Å². The minimum atomic E-state index is -0.406. The molecule has 0 spiro atoms. The first-order valence-corrected chi connectivity index (χ1v) is 11.0. The van der Waals surface area contributed by atoms with Crippen LogP contribution in [0.5, 0.6) is 0 Å². The number of nitrogens with one attached hydrogen (secondary N) is 1. The summed E-state index contributed by atoms with van der Waals surface area (Å²) in [5, 5.41) is 2.84. The number of carbonyl (C=O) groups is 2. The molecule has 162 valence electrons. The van der Waals surface area contributed by atoms with Crippen molar-refractivity contribution in [3.05, 3.63) is 66.0 Å². The fraction of sp³-hybridized carbons (Fsp3) is 0.360. The van der Waals surface area contributed by atoms with Crippen LogP contribution in [0.25, 0.3) is 6.08 Å². The molecule has 2 heterocycles. The lowest BCUT2D eigenvalue weighted by molar-refractivity contribution is -0.130. The van der Waals surface area contributed by atoms with Gasteiger partial charge < -0.3 is 15.1 Å². The van der Waals surface area contributed by atoms with Gasteiger partial charge in [0.05, 0.1) is 5.69 Å². The Bertz CT molecular complexity index is 946. The quantitative estimate of drug-likeness (QED) is 0.732. The first kappa shape index (κ1) is 21.1. The molecule has 2 amide bonds. The molecular weight excluding hydrogens is 393 g/mol. The molecule has 2 saturated heterocycles. The molecule has 4 rings (SSSR count). The number of hydrogen-bond donors (Lipinski definition) is 1. The van der Waals surface area contributed by atoms with Gasteiger partial charge in [0, 0.05) is 38.2 Å². The van der Waals surface area contributed by atoms with Crippen molar-refractivity contribution in [3.63, 3.8) is 0 Å². The third-order valence-electron chi connectivity index (χ3n) is 6.08. The smallest absolute Gasteiger partial charge is 0.246 e. The van der Waals surface area contributed by atoms with Gasteiger partial charge in [0.15, 0.2) is 0 Å². The Morgan fingerprint density at radius 2 is 1.65 bits per heavy atom. The summed E-state index contributed by atoms with van der Waals surface area (Å²) < 4.78 is 14.5. The lowest BCUT2D eigenvalue weighted by Gasteiger charge is -2.31. The maximum absolute atomic E-state index is 14.5. The highest BCUT2D eigenvalue weighted by Crippen LogP contribution is 2.32. The van der Waals surface area contributed by atoms with Crippen LogP contribution in [-0.4, -0.2) is 42.9 Å². The van der Waals surface area contributed by atoms with E-state index in [0.717, 1.165) is 37.2 Å². The van der Waals surface area contributed by atoms with E-state index in [-0.39, 0.29) is 23.4 Å². The zero-order valence-electron chi connectivity index (χ0n) is 17.6. The van der Waals surface area contributed by atoms with Gasteiger partial charge in [-0.1, -0.05) is 36.4 Å². The fourth-order valence-corrected chi connectivity index (χ4v) is 4.28. The molecule has 2 fully saturated rings. The molecule has 31 heavy (non-hydrogen) atoms. The standard InChI is InChI=1S/C25H28FN3O2/c26-21-9-6-10-22(28-15-4-5-16-28)24(21)27-25(31)20-13-17-29(18-14-20)23(30)12-11-19-7-2-1-3-8-19/h1-3,6-12,20H,4-5,13-18H2,(H,27,31)/b12-11+. The number of carbonyl (C=O) groups excluding carboxylic acids is 2. The van der Waals surface area contributed by atoms with E-state index in [1.807, 2.05) is 36.4 Å². The molecule has 0 aromatic heterocycles. The molecule has 6 heteroatoms. The topological polar surface area (TPSA) is 52.7 Å². The van der Waals surface area contributed by atoms with E-state index in [2.05, 4.69) is 10.2 Å². The van der Waals surface area contributed by atoms with E-state index in [0.29, 0.717) is 25.9 Å². The van der Waals surface area contributed by atoms with E-state index in [4.69, 9.17) is 0 Å². The van der Waals surface area contributed by atoms with Crippen LogP contribution >= 0.6 is 0 Å². The van der Waals surface area contributed by atoms with Gasteiger partial charge in [-0.2, -0.15) is 0 Å². The first-order chi connectivity index (χ1) is 15.1. The zero-order chi connectivity index (χ0) is 21.6. The average molecular weight is 422 g/mol. The van der Waals surface area contributed by atoms with E-state index in [9.17, 15) is 14.0 Å². The molecule has 2 aromatic rings. The van der Waals surface area contributed by atoms with Crippen molar-refractivity contribution in [3.8, 4) is 0 Å². The van der Waals surface area contributed by atoms with Gasteiger partial charge in [0.25, 0.3) is 0 Å². The number of amides is 2. The summed E-state index contributed by atoms with van der Waals surface area (Å²) in [7, 11) is 0. The van der Waals surface area contributed by atoms with Crippen LogP contribution < -0.4 is 10.2 Å². The second kappa shape index (κ2) is 9.77. The molecule has 0 aliphatic carbocycles. The van der Waals surface area contributed by atoms with Crippen molar-refractivity contribution in [2.75, 3.05) is 36.4 Å². The summed E-state index contributed by atoms with van der Waals surface area (Å²) in [6.07, 6.45) is 6.69. The van der Waals surface area contributed by atoms with Gasteiger partial charge >= 0.3 is 0 Å². The third-order valence-corrected chi connectivity index (χ3v) is 6.08. The number of piperidine rings is 1. The van der Waals surface area contributed by atoms with Gasteiger partial charge in [0.1, 0.15) is 11.5 Å². The van der Waals surface area contributed by atoms with Gasteiger partial charge in [-0.05, 0) is 49.5 Å². The summed E-state index contributed by atoms with van der Waals surface area (Å²) in [4.78, 5) is 29.2. The highest BCUT2D eigenvalue weighted by Gasteiger charge is 2.28. The van der Waals surface area contributed by atoms with Crippen molar-refractivity contribution in [1.29, 1.82) is 0 Å². The van der Waals surface area contributed by atoms with Crippen LogP contribution in [0, 0.1) is 11.7 Å². The largest absolute Gasteiger partial charge is 0.370 e. The number of halogens is 1. The highest BCUT2D eigenvalue weighted by atomic mass is 19.1. The van der Waals surface area contributed by atoms with Crippen molar-refractivity contribution < 1.29 is 14.0 Å². The molecule has 1 N–H and O–H groups in total. The number of hydrogen-bond acceptors (Lipinski definition) is 3. The Balaban J connectivity index is 1.34. The number of benzene rings is 2. The number of nitrogens with zero attached hydrogens (tertiary/aromatic N) is 2. The fourth-order valence-electron chi connectivity index (χ4n) is 4.28. The molecule has 0 bridgehead atoms. The highest BCUT2D eigenvalue weighted by molar-refractivity contribution is 5.96. The lowest BCUT2D eigenvalue weighted by atomic mass is 9.95. The lowest BCUT2D eigenvalue weighted by Crippen LogP contribution is -2.41. The summed E-state index contributed by atoms with van der Waals surface area (Å²) in [6.45, 7) is 2.80. The SMILES string of the molecule is O=C(Nc1c(F)cccc1N1CCCC1)C1CCN(C(=O)/C=C/c2ccccc2)CC1. The van der Waals surface area contributed by atoms with Crippen molar-refractivity contribution in [2.24, 2.45) is 5.92 Å². The van der Waals surface area contributed by atoms with Crippen LogP contribution in [-0.2, 0) is 9.59 Å². The maximum atomic E-state index is 14.5. The maximum Gasteiger partial charge on any atom is 0.246 e. The molecular formula is C25H28FN3O2. The van der Waals surface area contributed by atoms with E-state index in [1.165, 1.54) is 6.07 Å². The van der Waals surface area contributed by atoms with Gasteiger partial charge in [0.2, 0.25) is 11.8 Å². The Labute approximate surface area is 182 Å². The second-order valence-electron chi connectivity index (χ2n) is 8.16. The van der Waals surface area contributed by atoms with Crippen molar-refractivity contribution in [2.45, 2.75) is 25.7 Å². The predicted octanol–water partition coefficient (Wildman–Crippen LogP) is 4.32. The molecule has 0 atom stereocenters. The summed E-state index contributed by atoms with van der Waals surface area (Å²) in [5.74, 6) is -0.852. The van der Waals surface area contributed by atoms with Crippen molar-refractivity contribution >= 4 is 29.3 Å². The summed E-state index contributed by atoms with van der Waals surface area (Å²) in [5.41, 5.74) is 2.01. The molecule has 5 nitrogen and oxygen atoms in total. The Kier molecular flexibility index (Phi) is 6.65. The Morgan fingerprint density at radius 3 is 2.35 bits per heavy atom. The minimum absolute atomic E-state index is 0.0480. The number of para-hydroxylation sites is 1. The normalized spacial score (nSPS) is 17.3. The van der Waals surface area contributed by atoms with Gasteiger partial charge in [-0.25, -0.2) is 4.39 Å². The third kappa shape index (κ3) is 5.13. The van der Waals surface area contributed by atoms with E-state index < -0.39 is 5.82 Å². The molecule has 0 radical (unpaired) electrons. The van der Waals surface area contributed by atoms with Gasteiger partial charge in [-0.3, -0.25) is 9.59 Å². The van der Waals surface area contributed by atoms with Crippen LogP contribution in [0.4, 0.5) is 15.8 Å². The van der Waals surface area contributed by atoms with Crippen LogP contribution in [0.2, 0.25) is 0 Å². The first-order valence-electron chi connectivity index (χ1n) is 11.0.